The fourth-order valence-corrected chi connectivity index (χ4v) is 2.17. The van der Waals surface area contributed by atoms with Gasteiger partial charge in [0.1, 0.15) is 0 Å². The molecule has 0 aromatic heterocycles. The van der Waals surface area contributed by atoms with E-state index in [9.17, 15) is 13.2 Å². The molecular formula is C8H8BrNO3S. The monoisotopic (exact) mass is 277 g/mol. The van der Waals surface area contributed by atoms with Crippen LogP contribution in [0.1, 0.15) is 0 Å². The van der Waals surface area contributed by atoms with E-state index in [0.717, 1.165) is 0 Å². The molecule has 0 bridgehead atoms. The molecule has 1 aromatic carbocycles. The second-order valence-electron chi connectivity index (χ2n) is 2.48. The van der Waals surface area contributed by atoms with Gasteiger partial charge in [-0.15, -0.1) is 0 Å². The molecule has 76 valence electrons. The van der Waals surface area contributed by atoms with E-state index in [2.05, 4.69) is 15.9 Å². The normalized spacial score (nSPS) is 10.9. The van der Waals surface area contributed by atoms with Crippen molar-refractivity contribution in [3.05, 3.63) is 30.3 Å². The summed E-state index contributed by atoms with van der Waals surface area (Å²) in [6.07, 6.45) is 0. The van der Waals surface area contributed by atoms with Crippen molar-refractivity contribution in [1.29, 1.82) is 0 Å². The maximum Gasteiger partial charge on any atom is 0.264 e. The summed E-state index contributed by atoms with van der Waals surface area (Å²) in [7, 11) is -3.70. The van der Waals surface area contributed by atoms with Crippen molar-refractivity contribution < 1.29 is 13.2 Å². The Kier molecular flexibility index (Phi) is 3.65. The van der Waals surface area contributed by atoms with Gasteiger partial charge in [0, 0.05) is 0 Å². The molecule has 0 aliphatic carbocycles. The van der Waals surface area contributed by atoms with Gasteiger partial charge in [0.05, 0.1) is 10.2 Å². The third kappa shape index (κ3) is 2.81. The van der Waals surface area contributed by atoms with Gasteiger partial charge in [-0.1, -0.05) is 34.1 Å². The van der Waals surface area contributed by atoms with Gasteiger partial charge in [0.2, 0.25) is 5.91 Å². The quantitative estimate of drug-likeness (QED) is 0.835. The molecule has 0 fully saturated rings. The lowest BCUT2D eigenvalue weighted by molar-refractivity contribution is -0.116. The van der Waals surface area contributed by atoms with Gasteiger partial charge in [-0.25, -0.2) is 13.1 Å². The van der Waals surface area contributed by atoms with Crippen molar-refractivity contribution in [3.63, 3.8) is 0 Å². The minimum absolute atomic E-state index is 0.0426. The van der Waals surface area contributed by atoms with Crippen LogP contribution in [0.5, 0.6) is 0 Å². The van der Waals surface area contributed by atoms with Gasteiger partial charge in [0.25, 0.3) is 10.0 Å². The second-order valence-corrected chi connectivity index (χ2v) is 4.72. The molecule has 6 heteroatoms. The van der Waals surface area contributed by atoms with Crippen LogP contribution in [0.2, 0.25) is 0 Å². The van der Waals surface area contributed by atoms with Crippen LogP contribution >= 0.6 is 15.9 Å². The van der Waals surface area contributed by atoms with E-state index in [4.69, 9.17) is 0 Å². The average molecular weight is 278 g/mol. The predicted molar refractivity (Wildman–Crippen MR) is 55.6 cm³/mol. The van der Waals surface area contributed by atoms with E-state index in [0.29, 0.717) is 0 Å². The Balaban J connectivity index is 2.93. The molecule has 14 heavy (non-hydrogen) atoms. The lowest BCUT2D eigenvalue weighted by Crippen LogP contribution is -2.31. The highest BCUT2D eigenvalue weighted by Gasteiger charge is 2.15. The van der Waals surface area contributed by atoms with Crippen LogP contribution in [0.3, 0.4) is 0 Å². The lowest BCUT2D eigenvalue weighted by atomic mass is 10.4. The van der Waals surface area contributed by atoms with E-state index in [1.54, 1.807) is 18.2 Å². The predicted octanol–water partition coefficient (Wildman–Crippen LogP) is 0.886. The van der Waals surface area contributed by atoms with Gasteiger partial charge >= 0.3 is 0 Å². The van der Waals surface area contributed by atoms with Crippen LogP contribution in [0.25, 0.3) is 0 Å². The number of benzene rings is 1. The number of rotatable bonds is 3. The Morgan fingerprint density at radius 2 is 1.86 bits per heavy atom. The first kappa shape index (κ1) is 11.2. The molecule has 0 saturated carbocycles. The molecular weight excluding hydrogens is 270 g/mol. The zero-order valence-electron chi connectivity index (χ0n) is 7.10. The molecule has 0 saturated heterocycles. The Labute approximate surface area is 90.5 Å². The fourth-order valence-electron chi connectivity index (χ4n) is 0.836. The fraction of sp³-hybridized carbons (Fsp3) is 0.125. The minimum Gasteiger partial charge on any atom is -0.273 e. The molecule has 4 nitrogen and oxygen atoms in total. The van der Waals surface area contributed by atoms with Gasteiger partial charge in [0.15, 0.2) is 0 Å². The summed E-state index contributed by atoms with van der Waals surface area (Å²) in [6.45, 7) is 0. The first-order valence-electron chi connectivity index (χ1n) is 3.73. The van der Waals surface area contributed by atoms with Crippen molar-refractivity contribution in [2.24, 2.45) is 0 Å². The van der Waals surface area contributed by atoms with Crippen LogP contribution in [0.15, 0.2) is 35.2 Å². The third-order valence-electron chi connectivity index (χ3n) is 1.42. The number of sulfonamides is 1. The van der Waals surface area contributed by atoms with E-state index in [-0.39, 0.29) is 10.2 Å². The van der Waals surface area contributed by atoms with Crippen molar-refractivity contribution in [3.8, 4) is 0 Å². The summed E-state index contributed by atoms with van der Waals surface area (Å²) in [5, 5.41) is -0.0426. The highest BCUT2D eigenvalue weighted by atomic mass is 79.9. The Morgan fingerprint density at radius 3 is 2.36 bits per heavy atom. The molecule has 1 amide bonds. The van der Waals surface area contributed by atoms with Gasteiger partial charge in [-0.2, -0.15) is 0 Å². The number of hydrogen-bond acceptors (Lipinski definition) is 3. The van der Waals surface area contributed by atoms with Crippen LogP contribution < -0.4 is 4.72 Å². The first-order chi connectivity index (χ1) is 6.56. The van der Waals surface area contributed by atoms with Crippen molar-refractivity contribution in [2.45, 2.75) is 4.90 Å². The van der Waals surface area contributed by atoms with E-state index in [1.807, 2.05) is 4.72 Å². The Hall–Kier alpha value is -0.880. The summed E-state index contributed by atoms with van der Waals surface area (Å²) in [6, 6.07) is 7.72. The number of carbonyl (C=O) groups excluding carboxylic acids is 1. The van der Waals surface area contributed by atoms with Crippen molar-refractivity contribution in [2.75, 3.05) is 5.33 Å². The molecule has 0 atom stereocenters. The maximum absolute atomic E-state index is 11.4. The molecule has 0 unspecified atom stereocenters. The minimum atomic E-state index is -3.70. The van der Waals surface area contributed by atoms with Crippen LogP contribution in [-0.2, 0) is 14.8 Å². The first-order valence-corrected chi connectivity index (χ1v) is 6.33. The van der Waals surface area contributed by atoms with Crippen LogP contribution in [0.4, 0.5) is 0 Å². The van der Waals surface area contributed by atoms with E-state index in [1.165, 1.54) is 12.1 Å². The van der Waals surface area contributed by atoms with Crippen LogP contribution in [0, 0.1) is 0 Å². The van der Waals surface area contributed by atoms with Crippen LogP contribution in [-0.4, -0.2) is 19.7 Å². The number of hydrogen-bond donors (Lipinski definition) is 1. The highest BCUT2D eigenvalue weighted by Crippen LogP contribution is 2.06. The number of amides is 1. The van der Waals surface area contributed by atoms with E-state index >= 15 is 0 Å². The SMILES string of the molecule is O=C(CBr)NS(=O)(=O)c1ccccc1. The summed E-state index contributed by atoms with van der Waals surface area (Å²) >= 11 is 2.86. The second kappa shape index (κ2) is 4.56. The molecule has 1 N–H and O–H groups in total. The Morgan fingerprint density at radius 1 is 1.29 bits per heavy atom. The van der Waals surface area contributed by atoms with Crippen molar-refractivity contribution >= 4 is 31.9 Å². The zero-order valence-corrected chi connectivity index (χ0v) is 9.51. The standard InChI is InChI=1S/C8H8BrNO3S/c9-6-8(11)10-14(12,13)7-4-2-1-3-5-7/h1-5H,6H2,(H,10,11). The molecule has 1 rings (SSSR count). The lowest BCUT2D eigenvalue weighted by Gasteiger charge is -2.04. The van der Waals surface area contributed by atoms with Gasteiger partial charge in [-0.05, 0) is 12.1 Å². The van der Waals surface area contributed by atoms with Gasteiger partial charge < -0.3 is 0 Å². The molecule has 0 radical (unpaired) electrons. The number of carbonyl (C=O) groups is 1. The smallest absolute Gasteiger partial charge is 0.264 e. The maximum atomic E-state index is 11.4. The molecule has 0 aliphatic heterocycles. The number of alkyl halides is 1. The Bertz CT molecular complexity index is 415. The highest BCUT2D eigenvalue weighted by molar-refractivity contribution is 9.09. The average Bonchev–Trinajstić information content (AvgIpc) is 2.18. The summed E-state index contributed by atoms with van der Waals surface area (Å²) in [5.74, 6) is -0.589. The third-order valence-corrected chi connectivity index (χ3v) is 3.32. The summed E-state index contributed by atoms with van der Waals surface area (Å²) in [4.78, 5) is 10.9. The zero-order chi connectivity index (χ0) is 10.6. The topological polar surface area (TPSA) is 63.2 Å². The molecule has 0 aliphatic rings. The molecule has 0 spiro atoms. The van der Waals surface area contributed by atoms with Crippen molar-refractivity contribution in [1.82, 2.24) is 4.72 Å². The molecule has 1 aromatic rings. The molecule has 0 heterocycles. The summed E-state index contributed by atoms with van der Waals surface area (Å²) < 4.78 is 24.8. The number of halogens is 1. The van der Waals surface area contributed by atoms with Gasteiger partial charge in [-0.3, -0.25) is 4.79 Å². The largest absolute Gasteiger partial charge is 0.273 e. The summed E-state index contributed by atoms with van der Waals surface area (Å²) in [5.41, 5.74) is 0. The number of nitrogens with one attached hydrogen (secondary N) is 1. The van der Waals surface area contributed by atoms with E-state index < -0.39 is 15.9 Å².